The van der Waals surface area contributed by atoms with Crippen molar-refractivity contribution in [3.05, 3.63) is 35.4 Å². The molecule has 27 heavy (non-hydrogen) atoms. The molecule has 1 unspecified atom stereocenters. The number of aliphatic hydroxyl groups excluding tert-OH is 1. The van der Waals surface area contributed by atoms with E-state index in [0.29, 0.717) is 5.56 Å². The molecule has 7 heteroatoms. The number of hydrogen-bond acceptors (Lipinski definition) is 4. The van der Waals surface area contributed by atoms with Gasteiger partial charge in [0.1, 0.15) is 5.75 Å². The highest BCUT2D eigenvalue weighted by atomic mass is 19.4. The second kappa shape index (κ2) is 11.3. The van der Waals surface area contributed by atoms with Crippen LogP contribution in [0, 0.1) is 0 Å². The zero-order chi connectivity index (χ0) is 20.3. The minimum Gasteiger partial charge on any atom is -0.493 e. The largest absolute Gasteiger partial charge is 0.493 e. The number of methoxy groups -OCH3 is 1. The van der Waals surface area contributed by atoms with Gasteiger partial charge in [-0.3, -0.25) is 0 Å². The van der Waals surface area contributed by atoms with Crippen LogP contribution in [0.5, 0.6) is 5.75 Å². The van der Waals surface area contributed by atoms with Gasteiger partial charge < -0.3 is 20.3 Å². The maximum atomic E-state index is 13.4. The summed E-state index contributed by atoms with van der Waals surface area (Å²) in [6.07, 6.45) is 3.32. The molecule has 0 aliphatic heterocycles. The van der Waals surface area contributed by atoms with Gasteiger partial charge in [-0.05, 0) is 24.1 Å². The molecule has 0 aromatic heterocycles. The summed E-state index contributed by atoms with van der Waals surface area (Å²) < 4.78 is 50.4. The summed E-state index contributed by atoms with van der Waals surface area (Å²) in [5.41, 5.74) is 4.26. The third kappa shape index (κ3) is 8.32. The van der Waals surface area contributed by atoms with Crippen LogP contribution in [0.25, 0.3) is 6.08 Å². The zero-order valence-corrected chi connectivity index (χ0v) is 16.0. The van der Waals surface area contributed by atoms with Gasteiger partial charge in [-0.25, -0.2) is 0 Å². The summed E-state index contributed by atoms with van der Waals surface area (Å²) in [5.74, 6) is -0.173. The lowest BCUT2D eigenvalue weighted by molar-refractivity contribution is -0.139. The second-order valence-corrected chi connectivity index (χ2v) is 6.67. The Morgan fingerprint density at radius 1 is 1.15 bits per heavy atom. The van der Waals surface area contributed by atoms with E-state index in [4.69, 9.17) is 15.2 Å². The summed E-state index contributed by atoms with van der Waals surface area (Å²) >= 11 is 0. The highest BCUT2D eigenvalue weighted by molar-refractivity contribution is 5.55. The highest BCUT2D eigenvalue weighted by Crippen LogP contribution is 2.37. The van der Waals surface area contributed by atoms with Gasteiger partial charge in [-0.2, -0.15) is 13.2 Å². The van der Waals surface area contributed by atoms with Crippen molar-refractivity contribution in [3.63, 3.8) is 0 Å². The molecule has 0 saturated heterocycles. The van der Waals surface area contributed by atoms with E-state index in [-0.39, 0.29) is 25.6 Å². The van der Waals surface area contributed by atoms with Crippen molar-refractivity contribution >= 4 is 6.08 Å². The Hall–Kier alpha value is -1.57. The molecule has 0 fully saturated rings. The molecule has 1 aromatic rings. The molecule has 0 heterocycles. The van der Waals surface area contributed by atoms with Crippen LogP contribution in [-0.4, -0.2) is 37.6 Å². The Morgan fingerprint density at radius 2 is 1.85 bits per heavy atom. The van der Waals surface area contributed by atoms with E-state index in [9.17, 15) is 18.3 Å². The van der Waals surface area contributed by atoms with Crippen LogP contribution in [0.15, 0.2) is 24.3 Å². The van der Waals surface area contributed by atoms with Gasteiger partial charge in [0.25, 0.3) is 0 Å². The molecular weight excluding hydrogens is 359 g/mol. The molecule has 0 aliphatic carbocycles. The fourth-order valence-electron chi connectivity index (χ4n) is 2.56. The zero-order valence-electron chi connectivity index (χ0n) is 16.0. The SMILES string of the molecule is CCCCCCCOc1ccc(/C=C/C(N)(CO)COC)cc1C(F)(F)F. The smallest absolute Gasteiger partial charge is 0.419 e. The molecule has 154 valence electrons. The molecule has 0 radical (unpaired) electrons. The topological polar surface area (TPSA) is 64.7 Å². The van der Waals surface area contributed by atoms with Crippen LogP contribution < -0.4 is 10.5 Å². The molecule has 0 spiro atoms. The third-order valence-corrected chi connectivity index (χ3v) is 4.13. The maximum Gasteiger partial charge on any atom is 0.419 e. The number of unbranched alkanes of at least 4 members (excludes halogenated alkanes) is 4. The lowest BCUT2D eigenvalue weighted by atomic mass is 10.0. The summed E-state index contributed by atoms with van der Waals surface area (Å²) in [6.45, 7) is 2.02. The first-order chi connectivity index (χ1) is 12.8. The van der Waals surface area contributed by atoms with Crippen LogP contribution in [-0.2, 0) is 10.9 Å². The van der Waals surface area contributed by atoms with Crippen LogP contribution in [0.2, 0.25) is 0 Å². The summed E-state index contributed by atoms with van der Waals surface area (Å²) in [7, 11) is 1.43. The van der Waals surface area contributed by atoms with Gasteiger partial charge >= 0.3 is 6.18 Å². The summed E-state index contributed by atoms with van der Waals surface area (Å²) in [6, 6.07) is 3.87. The number of benzene rings is 1. The monoisotopic (exact) mass is 389 g/mol. The van der Waals surface area contributed by atoms with Crippen molar-refractivity contribution in [1.29, 1.82) is 0 Å². The van der Waals surface area contributed by atoms with Crippen LogP contribution in [0.4, 0.5) is 13.2 Å². The minimum atomic E-state index is -4.52. The number of alkyl halides is 3. The van der Waals surface area contributed by atoms with Crippen LogP contribution in [0.3, 0.4) is 0 Å². The van der Waals surface area contributed by atoms with E-state index < -0.39 is 17.3 Å². The highest BCUT2D eigenvalue weighted by Gasteiger charge is 2.34. The van der Waals surface area contributed by atoms with Gasteiger partial charge in [-0.1, -0.05) is 50.8 Å². The number of hydrogen-bond donors (Lipinski definition) is 2. The fourth-order valence-corrected chi connectivity index (χ4v) is 2.56. The van der Waals surface area contributed by atoms with Gasteiger partial charge in [-0.15, -0.1) is 0 Å². The Labute approximate surface area is 159 Å². The quantitative estimate of drug-likeness (QED) is 0.520. The van der Waals surface area contributed by atoms with Gasteiger partial charge in [0.05, 0.1) is 30.9 Å². The average molecular weight is 389 g/mol. The first kappa shape index (κ1) is 23.5. The van der Waals surface area contributed by atoms with Gasteiger partial charge in [0.2, 0.25) is 0 Å². The van der Waals surface area contributed by atoms with Crippen molar-refractivity contribution in [2.45, 2.75) is 50.7 Å². The lowest BCUT2D eigenvalue weighted by Crippen LogP contribution is -2.45. The number of rotatable bonds is 12. The van der Waals surface area contributed by atoms with E-state index in [1.807, 2.05) is 0 Å². The van der Waals surface area contributed by atoms with Crippen molar-refractivity contribution in [3.8, 4) is 5.75 Å². The molecule has 1 atom stereocenters. The number of halogens is 3. The number of ether oxygens (including phenoxy) is 2. The molecule has 0 bridgehead atoms. The molecule has 1 rings (SSSR count). The Morgan fingerprint density at radius 3 is 2.44 bits per heavy atom. The number of nitrogens with two attached hydrogens (primary N) is 1. The van der Waals surface area contributed by atoms with Gasteiger partial charge in [0.15, 0.2) is 0 Å². The first-order valence-electron chi connectivity index (χ1n) is 9.17. The van der Waals surface area contributed by atoms with E-state index in [2.05, 4.69) is 6.92 Å². The third-order valence-electron chi connectivity index (χ3n) is 4.13. The van der Waals surface area contributed by atoms with Crippen LogP contribution in [0.1, 0.15) is 50.2 Å². The standard InChI is InChI=1S/C20H30F3NO3/c1-3-4-5-6-7-12-27-18-9-8-16(13-17(18)20(21,22)23)10-11-19(24,14-25)15-26-2/h8-11,13,25H,3-7,12,14-15,24H2,1-2H3/b11-10+. The molecule has 4 nitrogen and oxygen atoms in total. The molecule has 0 amide bonds. The van der Waals surface area contributed by atoms with E-state index >= 15 is 0 Å². The minimum absolute atomic E-state index is 0.0470. The predicted octanol–water partition coefficient (Wildman–Crippen LogP) is 4.40. The van der Waals surface area contributed by atoms with E-state index in [1.54, 1.807) is 0 Å². The first-order valence-corrected chi connectivity index (χ1v) is 9.17. The van der Waals surface area contributed by atoms with Crippen molar-refractivity contribution < 1.29 is 27.8 Å². The Bertz CT molecular complexity index is 590. The van der Waals surface area contributed by atoms with E-state index in [1.165, 1.54) is 31.4 Å². The molecule has 0 saturated carbocycles. The molecule has 1 aromatic carbocycles. The second-order valence-electron chi connectivity index (χ2n) is 6.67. The van der Waals surface area contributed by atoms with Crippen LogP contribution >= 0.6 is 0 Å². The molecule has 0 aliphatic rings. The lowest BCUT2D eigenvalue weighted by Gasteiger charge is -2.22. The average Bonchev–Trinajstić information content (AvgIpc) is 2.63. The van der Waals surface area contributed by atoms with Crippen molar-refractivity contribution in [1.82, 2.24) is 0 Å². The maximum absolute atomic E-state index is 13.4. The van der Waals surface area contributed by atoms with E-state index in [0.717, 1.165) is 38.2 Å². The normalized spacial score (nSPS) is 14.5. The number of aliphatic hydroxyl groups is 1. The Kier molecular flexibility index (Phi) is 9.83. The fraction of sp³-hybridized carbons (Fsp3) is 0.600. The molecule has 3 N–H and O–H groups in total. The summed E-state index contributed by atoms with van der Waals surface area (Å²) in [4.78, 5) is 0. The van der Waals surface area contributed by atoms with Crippen molar-refractivity contribution in [2.75, 3.05) is 26.9 Å². The Balaban J connectivity index is 2.87. The van der Waals surface area contributed by atoms with Gasteiger partial charge in [0, 0.05) is 7.11 Å². The predicted molar refractivity (Wildman–Crippen MR) is 101 cm³/mol. The molecular formula is C20H30F3NO3. The summed E-state index contributed by atoms with van der Waals surface area (Å²) in [5, 5.41) is 9.34. The van der Waals surface area contributed by atoms with Crippen molar-refractivity contribution in [2.24, 2.45) is 5.73 Å².